The Balaban J connectivity index is 1.63. The maximum Gasteiger partial charge on any atom is 0.322 e. The molecule has 1 heterocycles. The number of carbonyl (C=O) groups is 1. The highest BCUT2D eigenvalue weighted by Gasteiger charge is 2.33. The van der Waals surface area contributed by atoms with E-state index < -0.39 is 29.5 Å². The van der Waals surface area contributed by atoms with Gasteiger partial charge in [-0.1, -0.05) is 30.3 Å². The number of nitrogens with one attached hydrogen (secondary N) is 2. The Labute approximate surface area is 206 Å². The highest BCUT2D eigenvalue weighted by atomic mass is 19.2. The molecular formula is C26H23F3N6O. The number of para-hydroxylation sites is 1. The molecule has 0 aromatic heterocycles. The van der Waals surface area contributed by atoms with Gasteiger partial charge in [-0.25, -0.2) is 23.0 Å². The highest BCUT2D eigenvalue weighted by Crippen LogP contribution is 2.28. The number of hydrogen-bond donors (Lipinski definition) is 2. The number of aliphatic imine (C=N–C) groups is 1. The van der Waals surface area contributed by atoms with Crippen molar-refractivity contribution in [3.63, 3.8) is 0 Å². The fraction of sp³-hybridized carbons (Fsp3) is 0.192. The van der Waals surface area contributed by atoms with Crippen LogP contribution in [0.15, 0.2) is 71.7 Å². The molecule has 3 aromatic rings. The number of guanidine groups is 1. The monoisotopic (exact) mass is 492 g/mol. The zero-order valence-corrected chi connectivity index (χ0v) is 19.4. The predicted octanol–water partition coefficient (Wildman–Crippen LogP) is 5.06. The van der Waals surface area contributed by atoms with Crippen molar-refractivity contribution in [3.8, 4) is 6.19 Å². The van der Waals surface area contributed by atoms with Gasteiger partial charge in [-0.05, 0) is 48.4 Å². The molecule has 0 radical (unpaired) electrons. The molecule has 1 aliphatic heterocycles. The van der Waals surface area contributed by atoms with E-state index in [0.717, 1.165) is 17.7 Å². The lowest BCUT2D eigenvalue weighted by Gasteiger charge is -2.42. The quantitative estimate of drug-likeness (QED) is 0.232. The van der Waals surface area contributed by atoms with Crippen LogP contribution in [0.5, 0.6) is 0 Å². The maximum absolute atomic E-state index is 13.6. The number of rotatable bonds is 3. The number of aryl methyl sites for hydroxylation is 1. The van der Waals surface area contributed by atoms with E-state index in [1.807, 2.05) is 42.3 Å². The van der Waals surface area contributed by atoms with Crippen molar-refractivity contribution >= 4 is 23.4 Å². The van der Waals surface area contributed by atoms with Crippen molar-refractivity contribution in [2.75, 3.05) is 25.0 Å². The summed E-state index contributed by atoms with van der Waals surface area (Å²) in [6.07, 6.45) is 1.91. The molecule has 0 bridgehead atoms. The summed E-state index contributed by atoms with van der Waals surface area (Å²) in [7, 11) is 0. The van der Waals surface area contributed by atoms with E-state index in [1.54, 1.807) is 12.1 Å². The molecule has 0 spiro atoms. The van der Waals surface area contributed by atoms with Gasteiger partial charge < -0.3 is 15.1 Å². The Morgan fingerprint density at radius 1 is 1.03 bits per heavy atom. The summed E-state index contributed by atoms with van der Waals surface area (Å²) < 4.78 is 40.6. The second kappa shape index (κ2) is 10.8. The number of halogens is 3. The SMILES string of the molecule is Cc1ccccc1N=C(NC#N)N1CCN(C(=O)Nc2ccc(F)c(F)c2)C(c2ccc(F)cc2)C1. The van der Waals surface area contributed by atoms with Crippen LogP contribution in [0, 0.1) is 35.8 Å². The summed E-state index contributed by atoms with van der Waals surface area (Å²) in [6.45, 7) is 2.71. The van der Waals surface area contributed by atoms with Crippen LogP contribution in [0.25, 0.3) is 0 Å². The molecule has 3 aromatic carbocycles. The van der Waals surface area contributed by atoms with Gasteiger partial charge in [0.1, 0.15) is 5.82 Å². The molecule has 4 rings (SSSR count). The molecule has 7 nitrogen and oxygen atoms in total. The normalized spacial score (nSPS) is 15.9. The van der Waals surface area contributed by atoms with E-state index in [4.69, 9.17) is 0 Å². The van der Waals surface area contributed by atoms with Gasteiger partial charge in [0.25, 0.3) is 0 Å². The van der Waals surface area contributed by atoms with Crippen LogP contribution in [0.2, 0.25) is 0 Å². The number of piperazine rings is 1. The van der Waals surface area contributed by atoms with Crippen molar-refractivity contribution in [1.29, 1.82) is 5.26 Å². The first-order valence-electron chi connectivity index (χ1n) is 11.2. The van der Waals surface area contributed by atoms with Gasteiger partial charge in [0.15, 0.2) is 17.8 Å². The van der Waals surface area contributed by atoms with E-state index in [1.165, 1.54) is 23.1 Å². The molecule has 1 aliphatic rings. The van der Waals surface area contributed by atoms with Crippen LogP contribution in [-0.2, 0) is 0 Å². The van der Waals surface area contributed by atoms with Gasteiger partial charge in [0.2, 0.25) is 5.96 Å². The molecule has 1 fully saturated rings. The fourth-order valence-electron chi connectivity index (χ4n) is 3.99. The molecule has 1 unspecified atom stereocenters. The van der Waals surface area contributed by atoms with Gasteiger partial charge in [0.05, 0.1) is 11.7 Å². The first kappa shape index (κ1) is 24.6. The third kappa shape index (κ3) is 5.58. The minimum absolute atomic E-state index is 0.104. The number of carbonyl (C=O) groups excluding carboxylic acids is 1. The van der Waals surface area contributed by atoms with E-state index in [0.29, 0.717) is 23.8 Å². The van der Waals surface area contributed by atoms with Crippen molar-refractivity contribution in [2.24, 2.45) is 4.99 Å². The van der Waals surface area contributed by atoms with Crippen molar-refractivity contribution < 1.29 is 18.0 Å². The summed E-state index contributed by atoms with van der Waals surface area (Å²) in [6, 6.07) is 15.3. The number of nitrogens with zero attached hydrogens (tertiary/aromatic N) is 4. The molecule has 1 atom stereocenters. The molecule has 184 valence electrons. The third-order valence-corrected chi connectivity index (χ3v) is 5.88. The van der Waals surface area contributed by atoms with Crippen LogP contribution in [-0.4, -0.2) is 41.4 Å². The van der Waals surface area contributed by atoms with Crippen LogP contribution in [0.1, 0.15) is 17.2 Å². The minimum atomic E-state index is -1.08. The highest BCUT2D eigenvalue weighted by molar-refractivity contribution is 5.90. The van der Waals surface area contributed by atoms with Crippen LogP contribution in [0.4, 0.5) is 29.3 Å². The average molecular weight is 493 g/mol. The number of nitriles is 1. The Morgan fingerprint density at radius 2 is 1.78 bits per heavy atom. The maximum atomic E-state index is 13.6. The largest absolute Gasteiger partial charge is 0.338 e. The summed E-state index contributed by atoms with van der Waals surface area (Å²) in [5.41, 5.74) is 2.38. The molecule has 36 heavy (non-hydrogen) atoms. The van der Waals surface area contributed by atoms with Gasteiger partial charge in [-0.2, -0.15) is 5.26 Å². The lowest BCUT2D eigenvalue weighted by atomic mass is 10.0. The first-order valence-corrected chi connectivity index (χ1v) is 11.2. The summed E-state index contributed by atoms with van der Waals surface area (Å²) in [4.78, 5) is 21.2. The van der Waals surface area contributed by atoms with Crippen LogP contribution >= 0.6 is 0 Å². The average Bonchev–Trinajstić information content (AvgIpc) is 2.87. The van der Waals surface area contributed by atoms with Crippen molar-refractivity contribution in [1.82, 2.24) is 15.1 Å². The molecule has 0 aliphatic carbocycles. The lowest BCUT2D eigenvalue weighted by Crippen LogP contribution is -2.55. The minimum Gasteiger partial charge on any atom is -0.338 e. The van der Waals surface area contributed by atoms with Crippen LogP contribution < -0.4 is 10.6 Å². The lowest BCUT2D eigenvalue weighted by molar-refractivity contribution is 0.135. The number of urea groups is 1. The topological polar surface area (TPSA) is 83.8 Å². The fourth-order valence-corrected chi connectivity index (χ4v) is 3.99. The summed E-state index contributed by atoms with van der Waals surface area (Å²) in [5.74, 6) is -2.19. The number of anilines is 1. The molecule has 10 heteroatoms. The Bertz CT molecular complexity index is 1320. The summed E-state index contributed by atoms with van der Waals surface area (Å²) in [5, 5.41) is 14.6. The third-order valence-electron chi connectivity index (χ3n) is 5.88. The molecule has 0 saturated carbocycles. The Morgan fingerprint density at radius 3 is 2.47 bits per heavy atom. The first-order chi connectivity index (χ1) is 17.4. The van der Waals surface area contributed by atoms with E-state index in [-0.39, 0.29) is 18.8 Å². The van der Waals surface area contributed by atoms with Crippen molar-refractivity contribution in [2.45, 2.75) is 13.0 Å². The number of benzene rings is 3. The van der Waals surface area contributed by atoms with E-state index >= 15 is 0 Å². The van der Waals surface area contributed by atoms with Gasteiger partial charge >= 0.3 is 6.03 Å². The van der Waals surface area contributed by atoms with Crippen molar-refractivity contribution in [3.05, 3.63) is 95.3 Å². The number of hydrogen-bond acceptors (Lipinski definition) is 3. The van der Waals surface area contributed by atoms with Gasteiger partial charge in [-0.15, -0.1) is 0 Å². The Hall–Kier alpha value is -4.52. The zero-order valence-electron chi connectivity index (χ0n) is 19.4. The van der Waals surface area contributed by atoms with Crippen LogP contribution in [0.3, 0.4) is 0 Å². The Kier molecular flexibility index (Phi) is 7.39. The predicted molar refractivity (Wildman–Crippen MR) is 130 cm³/mol. The van der Waals surface area contributed by atoms with E-state index in [9.17, 15) is 23.2 Å². The standard InChI is InChI=1S/C26H23F3N6O/c1-17-4-2-3-5-23(17)33-25(31-16-30)34-12-13-35(24(15-34)18-6-8-19(27)9-7-18)26(36)32-20-10-11-21(28)22(29)14-20/h2-11,14,24H,12-13,15H2,1H3,(H,31,33)(H,32,36). The number of amides is 2. The second-order valence-electron chi connectivity index (χ2n) is 8.22. The summed E-state index contributed by atoms with van der Waals surface area (Å²) >= 11 is 0. The second-order valence-corrected chi connectivity index (χ2v) is 8.22. The smallest absolute Gasteiger partial charge is 0.322 e. The molecule has 2 N–H and O–H groups in total. The zero-order chi connectivity index (χ0) is 25.7. The van der Waals surface area contributed by atoms with E-state index in [2.05, 4.69) is 15.6 Å². The molecule has 1 saturated heterocycles. The molecular weight excluding hydrogens is 469 g/mol. The van der Waals surface area contributed by atoms with Gasteiger partial charge in [0, 0.05) is 31.4 Å². The van der Waals surface area contributed by atoms with Gasteiger partial charge in [-0.3, -0.25) is 5.32 Å². The molecule has 2 amide bonds.